The van der Waals surface area contributed by atoms with Gasteiger partial charge in [0.05, 0.1) is 11.0 Å². The molecular formula is C30H19N7S. The van der Waals surface area contributed by atoms with Crippen LogP contribution < -0.4 is 0 Å². The summed E-state index contributed by atoms with van der Waals surface area (Å²) in [6, 6.07) is 35.7. The van der Waals surface area contributed by atoms with Gasteiger partial charge in [0.25, 0.3) is 0 Å². The second-order valence-corrected chi connectivity index (χ2v) is 9.12. The number of nitrogens with zero attached hydrogens (tertiary/aromatic N) is 6. The highest BCUT2D eigenvalue weighted by Crippen LogP contribution is 2.27. The van der Waals surface area contributed by atoms with Gasteiger partial charge in [-0.1, -0.05) is 91.0 Å². The molecule has 0 spiro atoms. The smallest absolute Gasteiger partial charge is 0.216 e. The highest BCUT2D eigenvalue weighted by atomic mass is 32.1. The number of para-hydroxylation sites is 2. The molecule has 4 aromatic carbocycles. The Bertz CT molecular complexity index is 1940. The van der Waals surface area contributed by atoms with Crippen LogP contribution in [-0.4, -0.2) is 34.3 Å². The van der Waals surface area contributed by atoms with Crippen LogP contribution in [0.2, 0.25) is 0 Å². The van der Waals surface area contributed by atoms with E-state index in [4.69, 9.17) is 32.2 Å². The van der Waals surface area contributed by atoms with Crippen LogP contribution in [0.25, 0.3) is 62.4 Å². The number of aromatic nitrogens is 7. The number of benzene rings is 4. The third-order valence-electron chi connectivity index (χ3n) is 6.29. The monoisotopic (exact) mass is 509 g/mol. The van der Waals surface area contributed by atoms with Crippen LogP contribution in [0.1, 0.15) is 0 Å². The fraction of sp³-hybridized carbons (Fsp3) is 0. The molecule has 1 N–H and O–H groups in total. The van der Waals surface area contributed by atoms with E-state index in [0.717, 1.165) is 33.3 Å². The lowest BCUT2D eigenvalue weighted by atomic mass is 10.1. The number of hydrogen-bond acceptors (Lipinski definition) is 6. The van der Waals surface area contributed by atoms with Crippen molar-refractivity contribution in [1.29, 1.82) is 0 Å². The molecule has 0 aliphatic rings. The van der Waals surface area contributed by atoms with Crippen molar-refractivity contribution in [2.24, 2.45) is 0 Å². The van der Waals surface area contributed by atoms with Crippen LogP contribution in [-0.2, 0) is 0 Å². The van der Waals surface area contributed by atoms with Crippen LogP contribution >= 0.6 is 12.2 Å². The first kappa shape index (κ1) is 22.1. The van der Waals surface area contributed by atoms with Gasteiger partial charge in [-0.3, -0.25) is 4.40 Å². The van der Waals surface area contributed by atoms with Gasteiger partial charge in [-0.05, 0) is 30.4 Å². The Hall–Kier alpha value is -5.08. The highest BCUT2D eigenvalue weighted by Gasteiger charge is 2.14. The molecule has 180 valence electrons. The van der Waals surface area contributed by atoms with E-state index in [-0.39, 0.29) is 0 Å². The Morgan fingerprint density at radius 1 is 0.500 bits per heavy atom. The van der Waals surface area contributed by atoms with Gasteiger partial charge in [0.1, 0.15) is 0 Å². The summed E-state index contributed by atoms with van der Waals surface area (Å²) in [5.41, 5.74) is 5.39. The van der Waals surface area contributed by atoms with Crippen molar-refractivity contribution >= 4 is 29.0 Å². The molecule has 0 fully saturated rings. The Morgan fingerprint density at radius 3 is 1.63 bits per heavy atom. The maximum absolute atomic E-state index is 5.65. The summed E-state index contributed by atoms with van der Waals surface area (Å²) in [4.78, 5) is 27.2. The molecule has 7 rings (SSSR count). The largest absolute Gasteiger partial charge is 0.323 e. The van der Waals surface area contributed by atoms with Gasteiger partial charge < -0.3 is 4.98 Å². The van der Waals surface area contributed by atoms with Crippen LogP contribution in [0.3, 0.4) is 0 Å². The summed E-state index contributed by atoms with van der Waals surface area (Å²) in [6.45, 7) is 0. The molecule has 0 aliphatic heterocycles. The molecule has 7 nitrogen and oxygen atoms in total. The van der Waals surface area contributed by atoms with E-state index in [1.807, 2.05) is 114 Å². The van der Waals surface area contributed by atoms with Gasteiger partial charge in [0.15, 0.2) is 23.3 Å². The number of nitrogens with one attached hydrogen (secondary N) is 1. The molecule has 0 saturated carbocycles. The van der Waals surface area contributed by atoms with Crippen molar-refractivity contribution in [1.82, 2.24) is 34.3 Å². The van der Waals surface area contributed by atoms with Crippen LogP contribution in [0.4, 0.5) is 0 Å². The lowest BCUT2D eigenvalue weighted by Gasteiger charge is -2.09. The molecule has 0 atom stereocenters. The first-order chi connectivity index (χ1) is 18.7. The number of H-pyrrole nitrogens is 1. The maximum Gasteiger partial charge on any atom is 0.216 e. The SMILES string of the molecule is S=c1nc(-c2cccc(-c3nc(-c4ccccc4)nc(-c4ccccc4)n3)c2)nc2[nH]c3ccccc3n12. The molecule has 3 heterocycles. The van der Waals surface area contributed by atoms with Crippen molar-refractivity contribution in [2.45, 2.75) is 0 Å². The van der Waals surface area contributed by atoms with Crippen LogP contribution in [0, 0.1) is 4.77 Å². The van der Waals surface area contributed by atoms with Gasteiger partial charge in [-0.2, -0.15) is 9.97 Å². The second kappa shape index (κ2) is 9.10. The predicted molar refractivity (Wildman–Crippen MR) is 151 cm³/mol. The number of rotatable bonds is 4. The van der Waals surface area contributed by atoms with E-state index in [1.54, 1.807) is 0 Å². The van der Waals surface area contributed by atoms with Crippen molar-refractivity contribution in [3.8, 4) is 45.6 Å². The number of imidazole rings is 1. The van der Waals surface area contributed by atoms with Crippen LogP contribution in [0.15, 0.2) is 109 Å². The van der Waals surface area contributed by atoms with E-state index in [1.165, 1.54) is 0 Å². The molecule has 0 unspecified atom stereocenters. The normalized spacial score (nSPS) is 11.3. The quantitative estimate of drug-likeness (QED) is 0.263. The topological polar surface area (TPSA) is 84.7 Å². The standard InChI is InChI=1S/C30H19N7S/c38-30-36-28(35-29-31-23-16-7-8-17-24(23)37(29)30)22-15-9-14-21(18-22)27-33-25(19-10-3-1-4-11-19)32-26(34-27)20-12-5-2-6-13-20/h1-18H,(H,31,35,36,38). The third-order valence-corrected chi connectivity index (χ3v) is 6.56. The average molecular weight is 510 g/mol. The molecule has 0 saturated heterocycles. The average Bonchev–Trinajstić information content (AvgIpc) is 3.37. The van der Waals surface area contributed by atoms with Crippen molar-refractivity contribution < 1.29 is 0 Å². The molecule has 8 heteroatoms. The fourth-order valence-corrected chi connectivity index (χ4v) is 4.74. The first-order valence-corrected chi connectivity index (χ1v) is 12.5. The summed E-state index contributed by atoms with van der Waals surface area (Å²) < 4.78 is 2.29. The number of aromatic amines is 1. The van der Waals surface area contributed by atoms with Gasteiger partial charge in [0.2, 0.25) is 10.5 Å². The van der Waals surface area contributed by atoms with E-state index in [0.29, 0.717) is 33.8 Å². The second-order valence-electron chi connectivity index (χ2n) is 8.75. The van der Waals surface area contributed by atoms with Crippen molar-refractivity contribution in [3.63, 3.8) is 0 Å². The molecule has 0 aliphatic carbocycles. The Morgan fingerprint density at radius 2 is 1.00 bits per heavy atom. The van der Waals surface area contributed by atoms with Crippen molar-refractivity contribution in [3.05, 3.63) is 114 Å². The summed E-state index contributed by atoms with van der Waals surface area (Å²) in [5.74, 6) is 2.97. The lowest BCUT2D eigenvalue weighted by molar-refractivity contribution is 1.01. The zero-order valence-corrected chi connectivity index (χ0v) is 20.8. The minimum atomic E-state index is 0.436. The molecule has 0 bridgehead atoms. The fourth-order valence-electron chi connectivity index (χ4n) is 4.47. The predicted octanol–water partition coefficient (Wildman–Crippen LogP) is 6.79. The molecule has 3 aromatic heterocycles. The maximum atomic E-state index is 5.65. The molecule has 0 radical (unpaired) electrons. The van der Waals surface area contributed by atoms with Gasteiger partial charge in [-0.25, -0.2) is 15.0 Å². The third kappa shape index (κ3) is 3.93. The number of fused-ring (bicyclic) bond motifs is 3. The zero-order valence-electron chi connectivity index (χ0n) is 20.0. The Balaban J connectivity index is 1.37. The van der Waals surface area contributed by atoms with Crippen molar-refractivity contribution in [2.75, 3.05) is 0 Å². The Labute approximate surface area is 222 Å². The van der Waals surface area contributed by atoms with Gasteiger partial charge in [-0.15, -0.1) is 0 Å². The highest BCUT2D eigenvalue weighted by molar-refractivity contribution is 7.71. The van der Waals surface area contributed by atoms with Gasteiger partial charge >= 0.3 is 0 Å². The van der Waals surface area contributed by atoms with E-state index in [9.17, 15) is 0 Å². The molecule has 38 heavy (non-hydrogen) atoms. The summed E-state index contributed by atoms with van der Waals surface area (Å²) >= 11 is 5.65. The van der Waals surface area contributed by atoms with E-state index < -0.39 is 0 Å². The molecule has 7 aromatic rings. The first-order valence-electron chi connectivity index (χ1n) is 12.1. The molecule has 0 amide bonds. The summed E-state index contributed by atoms with van der Waals surface area (Å²) in [5, 5.41) is 0. The summed E-state index contributed by atoms with van der Waals surface area (Å²) in [6.07, 6.45) is 0. The molecular weight excluding hydrogens is 490 g/mol. The minimum Gasteiger partial charge on any atom is -0.323 e. The van der Waals surface area contributed by atoms with E-state index in [2.05, 4.69) is 9.97 Å². The van der Waals surface area contributed by atoms with Crippen LogP contribution in [0.5, 0.6) is 0 Å². The zero-order chi connectivity index (χ0) is 25.5. The van der Waals surface area contributed by atoms with E-state index >= 15 is 0 Å². The Kier molecular flexibility index (Phi) is 5.30. The summed E-state index contributed by atoms with van der Waals surface area (Å²) in [7, 11) is 0. The van der Waals surface area contributed by atoms with Gasteiger partial charge in [0, 0.05) is 22.3 Å². The minimum absolute atomic E-state index is 0.436. The lowest BCUT2D eigenvalue weighted by Crippen LogP contribution is -2.01. The number of hydrogen-bond donors (Lipinski definition) is 1.